The SMILES string of the molecule is COc1ccc(C2=NC[C@@H](/C=C/c3ccccc3)C2)cc1. The Kier molecular flexibility index (Phi) is 4.15. The van der Waals surface area contributed by atoms with Gasteiger partial charge in [-0.25, -0.2) is 0 Å². The van der Waals surface area contributed by atoms with E-state index in [9.17, 15) is 0 Å². The molecule has 106 valence electrons. The van der Waals surface area contributed by atoms with Crippen molar-refractivity contribution < 1.29 is 4.74 Å². The molecular weight excluding hydrogens is 258 g/mol. The van der Waals surface area contributed by atoms with Crippen LogP contribution in [-0.4, -0.2) is 19.4 Å². The van der Waals surface area contributed by atoms with Gasteiger partial charge in [-0.3, -0.25) is 4.99 Å². The summed E-state index contributed by atoms with van der Waals surface area (Å²) < 4.78 is 5.19. The Labute approximate surface area is 125 Å². The number of hydrogen-bond donors (Lipinski definition) is 0. The van der Waals surface area contributed by atoms with Crippen molar-refractivity contribution >= 4 is 11.8 Å². The van der Waals surface area contributed by atoms with E-state index in [-0.39, 0.29) is 0 Å². The molecule has 0 radical (unpaired) electrons. The minimum Gasteiger partial charge on any atom is -0.497 e. The van der Waals surface area contributed by atoms with Gasteiger partial charge in [-0.1, -0.05) is 42.5 Å². The maximum Gasteiger partial charge on any atom is 0.118 e. The maximum absolute atomic E-state index is 5.19. The molecule has 0 aromatic heterocycles. The molecule has 1 heterocycles. The predicted octanol–water partition coefficient (Wildman–Crippen LogP) is 4.22. The highest BCUT2D eigenvalue weighted by atomic mass is 16.5. The van der Waals surface area contributed by atoms with Crippen LogP contribution in [0.3, 0.4) is 0 Å². The number of hydrogen-bond acceptors (Lipinski definition) is 2. The van der Waals surface area contributed by atoms with Gasteiger partial charge in [-0.05, 0) is 41.8 Å². The summed E-state index contributed by atoms with van der Waals surface area (Å²) in [5.74, 6) is 1.39. The van der Waals surface area contributed by atoms with Crippen molar-refractivity contribution in [3.63, 3.8) is 0 Å². The maximum atomic E-state index is 5.19. The number of benzene rings is 2. The molecular formula is C19H19NO. The van der Waals surface area contributed by atoms with Gasteiger partial charge in [0.05, 0.1) is 7.11 Å². The number of nitrogens with zero attached hydrogens (tertiary/aromatic N) is 1. The van der Waals surface area contributed by atoms with Crippen LogP contribution in [0.5, 0.6) is 5.75 Å². The summed E-state index contributed by atoms with van der Waals surface area (Å²) in [6, 6.07) is 18.6. The first-order chi connectivity index (χ1) is 10.3. The number of rotatable bonds is 4. The number of aliphatic imine (C=N–C) groups is 1. The third-order valence-corrected chi connectivity index (χ3v) is 3.76. The smallest absolute Gasteiger partial charge is 0.118 e. The highest BCUT2D eigenvalue weighted by molar-refractivity contribution is 6.02. The normalized spacial score (nSPS) is 18.0. The fourth-order valence-corrected chi connectivity index (χ4v) is 2.54. The predicted molar refractivity (Wildman–Crippen MR) is 88.0 cm³/mol. The second-order valence-corrected chi connectivity index (χ2v) is 5.25. The molecule has 0 bridgehead atoms. The van der Waals surface area contributed by atoms with Crippen LogP contribution in [0.15, 0.2) is 65.7 Å². The van der Waals surface area contributed by atoms with Gasteiger partial charge in [0.15, 0.2) is 0 Å². The number of methoxy groups -OCH3 is 1. The monoisotopic (exact) mass is 277 g/mol. The van der Waals surface area contributed by atoms with E-state index in [0.29, 0.717) is 5.92 Å². The van der Waals surface area contributed by atoms with Gasteiger partial charge in [0.1, 0.15) is 5.75 Å². The lowest BCUT2D eigenvalue weighted by Gasteiger charge is -2.04. The second kappa shape index (κ2) is 6.40. The van der Waals surface area contributed by atoms with Gasteiger partial charge in [-0.15, -0.1) is 0 Å². The van der Waals surface area contributed by atoms with E-state index in [1.807, 2.05) is 18.2 Å². The minimum absolute atomic E-state index is 0.502. The van der Waals surface area contributed by atoms with Crippen molar-refractivity contribution in [3.8, 4) is 5.75 Å². The second-order valence-electron chi connectivity index (χ2n) is 5.25. The van der Waals surface area contributed by atoms with Gasteiger partial charge >= 0.3 is 0 Å². The molecule has 0 saturated carbocycles. The fourth-order valence-electron chi connectivity index (χ4n) is 2.54. The van der Waals surface area contributed by atoms with Crippen LogP contribution < -0.4 is 4.74 Å². The Morgan fingerprint density at radius 1 is 1.05 bits per heavy atom. The first-order valence-corrected chi connectivity index (χ1v) is 7.26. The van der Waals surface area contributed by atoms with E-state index in [1.165, 1.54) is 16.8 Å². The third kappa shape index (κ3) is 3.40. The molecule has 2 nitrogen and oxygen atoms in total. The summed E-state index contributed by atoms with van der Waals surface area (Å²) in [4.78, 5) is 4.68. The zero-order chi connectivity index (χ0) is 14.5. The van der Waals surface area contributed by atoms with Gasteiger partial charge in [-0.2, -0.15) is 0 Å². The van der Waals surface area contributed by atoms with Crippen molar-refractivity contribution in [3.05, 3.63) is 71.8 Å². The Balaban J connectivity index is 1.63. The Hall–Kier alpha value is -2.35. The fraction of sp³-hybridized carbons (Fsp3) is 0.211. The van der Waals surface area contributed by atoms with Crippen LogP contribution in [0, 0.1) is 5.92 Å². The zero-order valence-corrected chi connectivity index (χ0v) is 12.2. The largest absolute Gasteiger partial charge is 0.497 e. The third-order valence-electron chi connectivity index (χ3n) is 3.76. The van der Waals surface area contributed by atoms with Crippen LogP contribution in [0.2, 0.25) is 0 Å². The molecule has 0 aliphatic carbocycles. The van der Waals surface area contributed by atoms with Gasteiger partial charge in [0, 0.05) is 18.2 Å². The summed E-state index contributed by atoms with van der Waals surface area (Å²) in [5, 5.41) is 0. The molecule has 0 unspecified atom stereocenters. The molecule has 3 rings (SSSR count). The summed E-state index contributed by atoms with van der Waals surface area (Å²) in [6.45, 7) is 0.880. The van der Waals surface area contributed by atoms with Crippen LogP contribution in [0.25, 0.3) is 6.08 Å². The van der Waals surface area contributed by atoms with Crippen LogP contribution in [-0.2, 0) is 0 Å². The van der Waals surface area contributed by atoms with E-state index in [2.05, 4.69) is 53.5 Å². The lowest BCUT2D eigenvalue weighted by Crippen LogP contribution is -2.00. The molecule has 1 aliphatic rings. The summed E-state index contributed by atoms with van der Waals surface area (Å²) >= 11 is 0. The van der Waals surface area contributed by atoms with E-state index >= 15 is 0 Å². The number of ether oxygens (including phenoxy) is 1. The summed E-state index contributed by atoms with van der Waals surface area (Å²) in [7, 11) is 1.69. The molecule has 1 aliphatic heterocycles. The Morgan fingerprint density at radius 3 is 2.52 bits per heavy atom. The molecule has 0 spiro atoms. The van der Waals surface area contributed by atoms with Crippen molar-refractivity contribution in [1.82, 2.24) is 0 Å². The molecule has 2 aromatic rings. The standard InChI is InChI=1S/C19H19NO/c1-21-18-11-9-17(10-12-18)19-13-16(14-20-19)8-7-15-5-3-2-4-6-15/h2-12,16H,13-14H2,1H3/b8-7+/t16-/m0/s1. The molecule has 0 amide bonds. The summed E-state index contributed by atoms with van der Waals surface area (Å²) in [5.41, 5.74) is 3.64. The van der Waals surface area contributed by atoms with Crippen molar-refractivity contribution in [2.75, 3.05) is 13.7 Å². The topological polar surface area (TPSA) is 21.6 Å². The Morgan fingerprint density at radius 2 is 1.81 bits per heavy atom. The highest BCUT2D eigenvalue weighted by Gasteiger charge is 2.17. The molecule has 0 saturated heterocycles. The minimum atomic E-state index is 0.502. The summed E-state index contributed by atoms with van der Waals surface area (Å²) in [6.07, 6.45) is 5.47. The average Bonchev–Trinajstić information content (AvgIpc) is 3.03. The average molecular weight is 277 g/mol. The first kappa shape index (κ1) is 13.6. The van der Waals surface area contributed by atoms with Gasteiger partial charge < -0.3 is 4.74 Å². The molecule has 21 heavy (non-hydrogen) atoms. The van der Waals surface area contributed by atoms with E-state index in [4.69, 9.17) is 4.74 Å². The highest BCUT2D eigenvalue weighted by Crippen LogP contribution is 2.22. The zero-order valence-electron chi connectivity index (χ0n) is 12.2. The van der Waals surface area contributed by atoms with Gasteiger partial charge in [0.25, 0.3) is 0 Å². The van der Waals surface area contributed by atoms with Crippen LogP contribution in [0.4, 0.5) is 0 Å². The Bertz CT molecular complexity index is 641. The van der Waals surface area contributed by atoms with E-state index < -0.39 is 0 Å². The van der Waals surface area contributed by atoms with Crippen molar-refractivity contribution in [1.29, 1.82) is 0 Å². The molecule has 2 aromatic carbocycles. The molecule has 1 atom stereocenters. The molecule has 0 N–H and O–H groups in total. The van der Waals surface area contributed by atoms with E-state index in [1.54, 1.807) is 7.11 Å². The lowest BCUT2D eigenvalue weighted by atomic mass is 10.00. The van der Waals surface area contributed by atoms with Crippen molar-refractivity contribution in [2.45, 2.75) is 6.42 Å². The van der Waals surface area contributed by atoms with E-state index in [0.717, 1.165) is 18.7 Å². The molecule has 2 heteroatoms. The van der Waals surface area contributed by atoms with Crippen molar-refractivity contribution in [2.24, 2.45) is 10.9 Å². The van der Waals surface area contributed by atoms with Gasteiger partial charge in [0.2, 0.25) is 0 Å². The quantitative estimate of drug-likeness (QED) is 0.820. The van der Waals surface area contributed by atoms with Crippen LogP contribution in [0.1, 0.15) is 17.5 Å². The first-order valence-electron chi connectivity index (χ1n) is 7.26. The van der Waals surface area contributed by atoms with Crippen LogP contribution >= 0.6 is 0 Å². The molecule has 0 fully saturated rings. The lowest BCUT2D eigenvalue weighted by molar-refractivity contribution is 0.415.